The summed E-state index contributed by atoms with van der Waals surface area (Å²) in [5.41, 5.74) is 1.53. The van der Waals surface area contributed by atoms with Gasteiger partial charge in [0, 0.05) is 12.1 Å². The topological polar surface area (TPSA) is 75.8 Å². The second kappa shape index (κ2) is 6.41. The Morgan fingerprint density at radius 3 is 2.67 bits per heavy atom. The predicted octanol–water partition coefficient (Wildman–Crippen LogP) is 2.26. The second-order valence-electron chi connectivity index (χ2n) is 4.80. The molecule has 0 aliphatic rings. The Balaban J connectivity index is 2.08. The molecule has 21 heavy (non-hydrogen) atoms. The van der Waals surface area contributed by atoms with Crippen LogP contribution in [0.3, 0.4) is 0 Å². The fraction of sp³-hybridized carbons (Fsp3) is 0.333. The van der Waals surface area contributed by atoms with Crippen LogP contribution in [0.5, 0.6) is 5.75 Å². The summed E-state index contributed by atoms with van der Waals surface area (Å²) in [6.07, 6.45) is 1.55. The van der Waals surface area contributed by atoms with E-state index in [0.29, 0.717) is 18.1 Å². The monoisotopic (exact) mass is 290 g/mol. The van der Waals surface area contributed by atoms with Crippen LogP contribution in [0.2, 0.25) is 0 Å². The van der Waals surface area contributed by atoms with E-state index in [2.05, 4.69) is 4.98 Å². The Morgan fingerprint density at radius 1 is 1.43 bits per heavy atom. The quantitative estimate of drug-likeness (QED) is 0.879. The summed E-state index contributed by atoms with van der Waals surface area (Å²) in [7, 11) is 3.35. The lowest BCUT2D eigenvalue weighted by Gasteiger charge is -2.19. The SMILES string of the molecule is COc1ccc(-c2nc(CN(C)C(C)C(=O)O)co2)cc1. The van der Waals surface area contributed by atoms with E-state index in [1.54, 1.807) is 32.2 Å². The van der Waals surface area contributed by atoms with Crippen molar-refractivity contribution < 1.29 is 19.1 Å². The highest BCUT2D eigenvalue weighted by atomic mass is 16.5. The third-order valence-electron chi connectivity index (χ3n) is 3.32. The minimum absolute atomic E-state index is 0.410. The van der Waals surface area contributed by atoms with E-state index >= 15 is 0 Å². The van der Waals surface area contributed by atoms with Crippen molar-refractivity contribution >= 4 is 5.97 Å². The predicted molar refractivity (Wildman–Crippen MR) is 77.1 cm³/mol. The molecule has 0 aliphatic carbocycles. The van der Waals surface area contributed by atoms with Gasteiger partial charge in [-0.15, -0.1) is 0 Å². The zero-order chi connectivity index (χ0) is 15.4. The Bertz CT molecular complexity index is 606. The number of aromatic nitrogens is 1. The Labute approximate surface area is 123 Å². The molecule has 6 nitrogen and oxygen atoms in total. The molecule has 0 amide bonds. The van der Waals surface area contributed by atoms with Crippen LogP contribution in [0, 0.1) is 0 Å². The average molecular weight is 290 g/mol. The van der Waals surface area contributed by atoms with Gasteiger partial charge in [-0.3, -0.25) is 9.69 Å². The van der Waals surface area contributed by atoms with E-state index < -0.39 is 12.0 Å². The zero-order valence-electron chi connectivity index (χ0n) is 12.2. The minimum Gasteiger partial charge on any atom is -0.497 e. The molecule has 0 aliphatic heterocycles. The third kappa shape index (κ3) is 3.61. The number of aliphatic carboxylic acids is 1. The van der Waals surface area contributed by atoms with E-state index in [0.717, 1.165) is 11.3 Å². The third-order valence-corrected chi connectivity index (χ3v) is 3.32. The lowest BCUT2D eigenvalue weighted by molar-refractivity contribution is -0.142. The maximum atomic E-state index is 10.9. The number of hydrogen-bond donors (Lipinski definition) is 1. The van der Waals surface area contributed by atoms with E-state index in [1.807, 2.05) is 24.3 Å². The van der Waals surface area contributed by atoms with E-state index in [-0.39, 0.29) is 0 Å². The highest BCUT2D eigenvalue weighted by molar-refractivity contribution is 5.72. The van der Waals surface area contributed by atoms with Crippen molar-refractivity contribution in [2.24, 2.45) is 0 Å². The molecular formula is C15H18N2O4. The summed E-state index contributed by atoms with van der Waals surface area (Å²) in [5.74, 6) is 0.404. The van der Waals surface area contributed by atoms with E-state index in [9.17, 15) is 4.79 Å². The molecule has 1 unspecified atom stereocenters. The van der Waals surface area contributed by atoms with Crippen LogP contribution in [0.25, 0.3) is 11.5 Å². The van der Waals surface area contributed by atoms with Gasteiger partial charge in [-0.2, -0.15) is 0 Å². The highest BCUT2D eigenvalue weighted by Gasteiger charge is 2.18. The standard InChI is InChI=1S/C15H18N2O4/c1-10(15(18)19)17(2)8-12-9-21-14(16-12)11-4-6-13(20-3)7-5-11/h4-7,9-10H,8H2,1-3H3,(H,18,19). The van der Waals surface area contributed by atoms with Gasteiger partial charge >= 0.3 is 5.97 Å². The van der Waals surface area contributed by atoms with Crippen LogP contribution in [0.15, 0.2) is 34.9 Å². The molecule has 1 N–H and O–H groups in total. The van der Waals surface area contributed by atoms with Crippen molar-refractivity contribution in [3.63, 3.8) is 0 Å². The number of ether oxygens (including phenoxy) is 1. The van der Waals surface area contributed by atoms with Crippen molar-refractivity contribution in [2.45, 2.75) is 19.5 Å². The van der Waals surface area contributed by atoms with Gasteiger partial charge in [0.2, 0.25) is 5.89 Å². The normalized spacial score (nSPS) is 12.4. The summed E-state index contributed by atoms with van der Waals surface area (Å²) in [5, 5.41) is 8.97. The molecule has 0 saturated heterocycles. The number of nitrogens with zero attached hydrogens (tertiary/aromatic N) is 2. The van der Waals surface area contributed by atoms with Gasteiger partial charge in [0.25, 0.3) is 0 Å². The van der Waals surface area contributed by atoms with Crippen LogP contribution in [-0.2, 0) is 11.3 Å². The highest BCUT2D eigenvalue weighted by Crippen LogP contribution is 2.22. The molecule has 0 radical (unpaired) electrons. The molecule has 1 heterocycles. The number of hydrogen-bond acceptors (Lipinski definition) is 5. The molecule has 1 atom stereocenters. The Hall–Kier alpha value is -2.34. The first kappa shape index (κ1) is 15.1. The molecule has 0 saturated carbocycles. The van der Waals surface area contributed by atoms with Crippen molar-refractivity contribution in [3.8, 4) is 17.2 Å². The van der Waals surface area contributed by atoms with E-state index in [1.165, 1.54) is 0 Å². The molecular weight excluding hydrogens is 272 g/mol. The largest absolute Gasteiger partial charge is 0.497 e. The van der Waals surface area contributed by atoms with Crippen LogP contribution < -0.4 is 4.74 Å². The van der Waals surface area contributed by atoms with Crippen LogP contribution in [0.1, 0.15) is 12.6 Å². The number of likely N-dealkylation sites (N-methyl/N-ethyl adjacent to an activating group) is 1. The average Bonchev–Trinajstić information content (AvgIpc) is 2.94. The van der Waals surface area contributed by atoms with Crippen molar-refractivity contribution in [1.29, 1.82) is 0 Å². The van der Waals surface area contributed by atoms with Gasteiger partial charge in [-0.25, -0.2) is 4.98 Å². The fourth-order valence-corrected chi connectivity index (χ4v) is 1.83. The van der Waals surface area contributed by atoms with Gasteiger partial charge in [0.1, 0.15) is 18.1 Å². The first-order chi connectivity index (χ1) is 10.0. The van der Waals surface area contributed by atoms with Gasteiger partial charge in [0.15, 0.2) is 0 Å². The molecule has 6 heteroatoms. The summed E-state index contributed by atoms with van der Waals surface area (Å²) in [4.78, 5) is 17.0. The smallest absolute Gasteiger partial charge is 0.320 e. The molecule has 0 bridgehead atoms. The molecule has 2 rings (SSSR count). The lowest BCUT2D eigenvalue weighted by atomic mass is 10.2. The zero-order valence-corrected chi connectivity index (χ0v) is 12.2. The first-order valence-corrected chi connectivity index (χ1v) is 6.53. The van der Waals surface area contributed by atoms with Gasteiger partial charge in [-0.05, 0) is 38.2 Å². The molecule has 2 aromatic rings. The van der Waals surface area contributed by atoms with Gasteiger partial charge in [-0.1, -0.05) is 0 Å². The number of oxazole rings is 1. The minimum atomic E-state index is -0.864. The number of methoxy groups -OCH3 is 1. The van der Waals surface area contributed by atoms with Crippen LogP contribution in [0.4, 0.5) is 0 Å². The number of carbonyl (C=O) groups is 1. The summed E-state index contributed by atoms with van der Waals surface area (Å²) >= 11 is 0. The number of benzene rings is 1. The van der Waals surface area contributed by atoms with Gasteiger partial charge in [0.05, 0.1) is 12.8 Å². The first-order valence-electron chi connectivity index (χ1n) is 6.53. The van der Waals surface area contributed by atoms with E-state index in [4.69, 9.17) is 14.3 Å². The molecule has 112 valence electrons. The second-order valence-corrected chi connectivity index (χ2v) is 4.80. The molecule has 0 fully saturated rings. The lowest BCUT2D eigenvalue weighted by Crippen LogP contribution is -2.35. The molecule has 1 aromatic heterocycles. The summed E-state index contributed by atoms with van der Waals surface area (Å²) in [6.45, 7) is 2.04. The Kier molecular flexibility index (Phi) is 4.59. The van der Waals surface area contributed by atoms with Crippen LogP contribution in [-0.4, -0.2) is 41.2 Å². The number of carboxylic acid groups (broad SMARTS) is 1. The van der Waals surface area contributed by atoms with Crippen LogP contribution >= 0.6 is 0 Å². The fourth-order valence-electron chi connectivity index (χ4n) is 1.83. The van der Waals surface area contributed by atoms with Gasteiger partial charge < -0.3 is 14.3 Å². The summed E-state index contributed by atoms with van der Waals surface area (Å²) < 4.78 is 10.5. The van der Waals surface area contributed by atoms with Crippen molar-refractivity contribution in [3.05, 3.63) is 36.2 Å². The molecule has 0 spiro atoms. The maximum absolute atomic E-state index is 10.9. The Morgan fingerprint density at radius 2 is 2.10 bits per heavy atom. The summed E-state index contributed by atoms with van der Waals surface area (Å²) in [6, 6.07) is 6.80. The number of carboxylic acids is 1. The van der Waals surface area contributed by atoms with Crippen molar-refractivity contribution in [1.82, 2.24) is 9.88 Å². The molecule has 1 aromatic carbocycles. The number of rotatable bonds is 6. The maximum Gasteiger partial charge on any atom is 0.320 e. The van der Waals surface area contributed by atoms with Crippen molar-refractivity contribution in [2.75, 3.05) is 14.2 Å².